The molecular weight excluding hydrogens is 507 g/mol. The maximum Gasteiger partial charge on any atom is 0.416 e. The molecule has 0 aliphatic carbocycles. The van der Waals surface area contributed by atoms with Crippen molar-refractivity contribution in [3.8, 4) is 0 Å². The van der Waals surface area contributed by atoms with Crippen LogP contribution < -0.4 is 5.32 Å². The summed E-state index contributed by atoms with van der Waals surface area (Å²) in [4.78, 5) is 11.9. The summed E-state index contributed by atoms with van der Waals surface area (Å²) in [7, 11) is -3.79. The number of aliphatic hydroxyl groups is 1. The largest absolute Gasteiger partial charge is 0.462 e. The van der Waals surface area contributed by atoms with Crippen LogP contribution in [0.25, 0.3) is 0 Å². The van der Waals surface area contributed by atoms with Gasteiger partial charge in [-0.3, -0.25) is 0 Å². The van der Waals surface area contributed by atoms with Crippen LogP contribution in [0, 0.1) is 0 Å². The summed E-state index contributed by atoms with van der Waals surface area (Å²) >= 11 is 0. The van der Waals surface area contributed by atoms with Gasteiger partial charge in [0, 0.05) is 12.6 Å². The van der Waals surface area contributed by atoms with Gasteiger partial charge in [-0.1, -0.05) is 24.3 Å². The summed E-state index contributed by atoms with van der Waals surface area (Å²) in [6.07, 6.45) is -5.10. The summed E-state index contributed by atoms with van der Waals surface area (Å²) in [6, 6.07) is 16.3. The van der Waals surface area contributed by atoms with Crippen molar-refractivity contribution in [1.29, 1.82) is 0 Å². The van der Waals surface area contributed by atoms with Crippen LogP contribution in [0.1, 0.15) is 47.0 Å². The van der Waals surface area contributed by atoms with Gasteiger partial charge in [-0.05, 0) is 79.9 Å². The standard InChI is InChI=1S/C27H28F3NO5S/c1-3-36-26(33)20-9-13-24(14-10-20)37(34,35)23-11-7-19(8-12-23)15-18(2)31-17-25(32)21-5-4-6-22(16-21)27(28,29)30/h4-14,16,18,25,31-32H,3,15,17H2,1-2H3/t18-,25-/m1/s1. The van der Waals surface area contributed by atoms with E-state index in [-0.39, 0.29) is 40.1 Å². The maximum atomic E-state index is 12.9. The topological polar surface area (TPSA) is 92.7 Å². The fourth-order valence-electron chi connectivity index (χ4n) is 3.70. The van der Waals surface area contributed by atoms with Crippen molar-refractivity contribution in [2.45, 2.75) is 48.4 Å². The molecule has 0 saturated carbocycles. The highest BCUT2D eigenvalue weighted by molar-refractivity contribution is 7.91. The average Bonchev–Trinajstić information content (AvgIpc) is 2.87. The molecule has 0 spiro atoms. The second-order valence-corrected chi connectivity index (χ2v) is 10.5. The molecule has 0 amide bonds. The van der Waals surface area contributed by atoms with Crippen LogP contribution in [-0.4, -0.2) is 38.7 Å². The Kier molecular flexibility index (Phi) is 9.12. The number of halogens is 3. The summed E-state index contributed by atoms with van der Waals surface area (Å²) in [5, 5.41) is 13.4. The van der Waals surface area contributed by atoms with Gasteiger partial charge in [-0.25, -0.2) is 13.2 Å². The Balaban J connectivity index is 1.59. The number of carbonyl (C=O) groups is 1. The van der Waals surface area contributed by atoms with Crippen molar-refractivity contribution in [3.05, 3.63) is 95.1 Å². The zero-order valence-corrected chi connectivity index (χ0v) is 21.1. The average molecular weight is 536 g/mol. The number of sulfone groups is 1. The highest BCUT2D eigenvalue weighted by Crippen LogP contribution is 2.30. The lowest BCUT2D eigenvalue weighted by Gasteiger charge is -2.18. The fourth-order valence-corrected chi connectivity index (χ4v) is 4.96. The predicted molar refractivity (Wildman–Crippen MR) is 132 cm³/mol. The van der Waals surface area contributed by atoms with Gasteiger partial charge >= 0.3 is 12.1 Å². The number of benzene rings is 3. The van der Waals surface area contributed by atoms with Crippen molar-refractivity contribution in [2.24, 2.45) is 0 Å². The van der Waals surface area contributed by atoms with E-state index in [0.29, 0.717) is 6.42 Å². The third-order valence-corrected chi connectivity index (χ3v) is 7.50. The Morgan fingerprint density at radius 1 is 1.00 bits per heavy atom. The summed E-state index contributed by atoms with van der Waals surface area (Å²) in [5.41, 5.74) is 0.447. The van der Waals surface area contributed by atoms with Crippen molar-refractivity contribution in [1.82, 2.24) is 5.32 Å². The number of esters is 1. The van der Waals surface area contributed by atoms with E-state index in [1.165, 1.54) is 48.5 Å². The first-order valence-corrected chi connectivity index (χ1v) is 13.1. The minimum atomic E-state index is -4.48. The Morgan fingerprint density at radius 3 is 2.16 bits per heavy atom. The number of aliphatic hydroxyl groups excluding tert-OH is 1. The minimum absolute atomic E-state index is 0.0481. The van der Waals surface area contributed by atoms with E-state index in [4.69, 9.17) is 4.74 Å². The number of ether oxygens (including phenoxy) is 1. The van der Waals surface area contributed by atoms with E-state index in [9.17, 15) is 31.5 Å². The van der Waals surface area contributed by atoms with Gasteiger partial charge < -0.3 is 15.2 Å². The number of carbonyl (C=O) groups excluding carboxylic acids is 1. The fraction of sp³-hybridized carbons (Fsp3) is 0.296. The van der Waals surface area contributed by atoms with Gasteiger partial charge in [0.05, 0.1) is 33.6 Å². The molecule has 0 aliphatic heterocycles. The van der Waals surface area contributed by atoms with Gasteiger partial charge in [0.25, 0.3) is 0 Å². The Bertz CT molecular complexity index is 1310. The number of alkyl halides is 3. The van der Waals surface area contributed by atoms with Crippen LogP contribution in [0.4, 0.5) is 13.2 Å². The molecule has 0 aromatic heterocycles. The van der Waals surface area contributed by atoms with Crippen LogP contribution >= 0.6 is 0 Å². The molecule has 3 aromatic rings. The number of hydrogen-bond acceptors (Lipinski definition) is 6. The molecule has 3 rings (SSSR count). The smallest absolute Gasteiger partial charge is 0.416 e. The van der Waals surface area contributed by atoms with E-state index >= 15 is 0 Å². The highest BCUT2D eigenvalue weighted by Gasteiger charge is 2.30. The Labute approximate surface area is 214 Å². The van der Waals surface area contributed by atoms with Gasteiger partial charge in [-0.15, -0.1) is 0 Å². The molecule has 198 valence electrons. The van der Waals surface area contributed by atoms with E-state index in [2.05, 4.69) is 5.32 Å². The number of rotatable bonds is 10. The van der Waals surface area contributed by atoms with Crippen LogP contribution in [0.3, 0.4) is 0 Å². The van der Waals surface area contributed by atoms with E-state index in [1.807, 2.05) is 6.92 Å². The van der Waals surface area contributed by atoms with Gasteiger partial charge in [0.1, 0.15) is 0 Å². The van der Waals surface area contributed by atoms with Crippen molar-refractivity contribution in [2.75, 3.05) is 13.2 Å². The quantitative estimate of drug-likeness (QED) is 0.356. The van der Waals surface area contributed by atoms with E-state index in [1.54, 1.807) is 19.1 Å². The van der Waals surface area contributed by atoms with Crippen molar-refractivity contribution >= 4 is 15.8 Å². The Morgan fingerprint density at radius 2 is 1.59 bits per heavy atom. The molecule has 0 radical (unpaired) electrons. The van der Waals surface area contributed by atoms with Gasteiger partial charge in [0.15, 0.2) is 0 Å². The molecule has 0 heterocycles. The molecule has 0 aliphatic rings. The predicted octanol–water partition coefficient (Wildman–Crippen LogP) is 4.97. The lowest BCUT2D eigenvalue weighted by molar-refractivity contribution is -0.137. The SMILES string of the molecule is CCOC(=O)c1ccc(S(=O)(=O)c2ccc(C[C@@H](C)NC[C@@H](O)c3cccc(C(F)(F)F)c3)cc2)cc1. The van der Waals surface area contributed by atoms with Crippen LogP contribution in [-0.2, 0) is 27.2 Å². The van der Waals surface area contributed by atoms with Crippen LogP contribution in [0.2, 0.25) is 0 Å². The number of hydrogen-bond donors (Lipinski definition) is 2. The molecule has 6 nitrogen and oxygen atoms in total. The molecule has 0 unspecified atom stereocenters. The molecular formula is C27H28F3NO5S. The second kappa shape index (κ2) is 11.9. The van der Waals surface area contributed by atoms with Crippen molar-refractivity contribution in [3.63, 3.8) is 0 Å². The minimum Gasteiger partial charge on any atom is -0.462 e. The number of nitrogens with one attached hydrogen (secondary N) is 1. The first kappa shape index (κ1) is 28.4. The third-order valence-electron chi connectivity index (χ3n) is 5.71. The molecule has 0 bridgehead atoms. The normalized spacial score (nSPS) is 13.7. The zero-order valence-electron chi connectivity index (χ0n) is 20.3. The molecule has 2 atom stereocenters. The van der Waals surface area contributed by atoms with Gasteiger partial charge in [0.2, 0.25) is 9.84 Å². The first-order valence-electron chi connectivity index (χ1n) is 11.6. The first-order chi connectivity index (χ1) is 17.4. The van der Waals surface area contributed by atoms with Crippen LogP contribution in [0.5, 0.6) is 0 Å². The molecule has 0 saturated heterocycles. The molecule has 10 heteroatoms. The maximum absolute atomic E-state index is 12.9. The highest BCUT2D eigenvalue weighted by atomic mass is 32.2. The second-order valence-electron chi connectivity index (χ2n) is 8.54. The monoisotopic (exact) mass is 535 g/mol. The molecule has 2 N–H and O–H groups in total. The lowest BCUT2D eigenvalue weighted by Crippen LogP contribution is -2.32. The summed E-state index contributed by atoms with van der Waals surface area (Å²) < 4.78 is 69.5. The Hall–Kier alpha value is -3.21. The molecule has 37 heavy (non-hydrogen) atoms. The lowest BCUT2D eigenvalue weighted by atomic mass is 10.0. The van der Waals surface area contributed by atoms with Gasteiger partial charge in [-0.2, -0.15) is 13.2 Å². The zero-order chi connectivity index (χ0) is 27.2. The van der Waals surface area contributed by atoms with E-state index in [0.717, 1.165) is 17.7 Å². The molecule has 0 fully saturated rings. The van der Waals surface area contributed by atoms with Crippen molar-refractivity contribution < 1.29 is 36.2 Å². The van der Waals surface area contributed by atoms with Crippen LogP contribution in [0.15, 0.2) is 82.6 Å². The summed E-state index contributed by atoms with van der Waals surface area (Å²) in [6.45, 7) is 3.81. The molecule has 3 aromatic carbocycles. The van der Waals surface area contributed by atoms with E-state index < -0.39 is 33.7 Å². The summed E-state index contributed by atoms with van der Waals surface area (Å²) in [5.74, 6) is -0.527. The third kappa shape index (κ3) is 7.41.